The molecule has 0 aliphatic rings. The minimum Gasteiger partial charge on any atom is -0.872 e. The van der Waals surface area contributed by atoms with Gasteiger partial charge in [0.25, 0.3) is 10.1 Å². The summed E-state index contributed by atoms with van der Waals surface area (Å²) in [4.78, 5) is -0.989. The average Bonchev–Trinajstić information content (AvgIpc) is 3.23. The van der Waals surface area contributed by atoms with E-state index in [9.17, 15) is 36.2 Å². The number of rotatable bonds is 30. The minimum absolute atomic E-state index is 0. The molecule has 4 aromatic rings. The zero-order valence-corrected chi connectivity index (χ0v) is 41.6. The zero-order chi connectivity index (χ0) is 45.1. The number of phenolic OH excluding ortho intramolecular Hbond substituents is 1. The van der Waals surface area contributed by atoms with Crippen molar-refractivity contribution in [1.29, 1.82) is 0 Å². The fraction of sp³-hybridized carbons (Fsp3) is 0.520. The first-order chi connectivity index (χ1) is 29.8. The quantitative estimate of drug-likeness (QED) is 0.0291. The predicted octanol–water partition coefficient (Wildman–Crippen LogP) is 13.2. The van der Waals surface area contributed by atoms with Gasteiger partial charge in [0.2, 0.25) is 0 Å². The van der Waals surface area contributed by atoms with Crippen LogP contribution in [0.15, 0.2) is 94.7 Å². The normalized spacial score (nSPS) is 11.4. The van der Waals surface area contributed by atoms with Gasteiger partial charge in [0.15, 0.2) is 5.75 Å². The van der Waals surface area contributed by atoms with E-state index in [-0.39, 0.29) is 55.0 Å². The van der Waals surface area contributed by atoms with E-state index < -0.39 is 35.8 Å². The third-order valence-electron chi connectivity index (χ3n) is 10.8. The molecule has 13 heteroatoms. The van der Waals surface area contributed by atoms with E-state index in [1.807, 2.05) is 12.1 Å². The fourth-order valence-electron chi connectivity index (χ4n) is 7.43. The molecule has 63 heavy (non-hydrogen) atoms. The molecule has 4 aromatic carbocycles. The first-order valence-corrected chi connectivity index (χ1v) is 25.8. The maximum atomic E-state index is 12.0. The van der Waals surface area contributed by atoms with Gasteiger partial charge in [0, 0.05) is 6.07 Å². The summed E-state index contributed by atoms with van der Waals surface area (Å²) in [6.45, 7) is 4.46. The largest absolute Gasteiger partial charge is 2.00 e. The van der Waals surface area contributed by atoms with Crippen LogP contribution in [0.3, 0.4) is 0 Å². The van der Waals surface area contributed by atoms with Crippen LogP contribution in [-0.4, -0.2) is 68.8 Å². The van der Waals surface area contributed by atoms with Crippen LogP contribution >= 0.6 is 0 Å². The predicted molar refractivity (Wildman–Crippen MR) is 251 cm³/mol. The number of aromatic hydroxyl groups is 1. The van der Waals surface area contributed by atoms with Crippen molar-refractivity contribution >= 4 is 58.0 Å². The van der Waals surface area contributed by atoms with Crippen molar-refractivity contribution in [3.05, 3.63) is 96.1 Å². The number of phenols is 1. The molecule has 4 rings (SSSR count). The van der Waals surface area contributed by atoms with E-state index in [1.165, 1.54) is 115 Å². The van der Waals surface area contributed by atoms with Crippen LogP contribution in [0.5, 0.6) is 34.5 Å². The first-order valence-electron chi connectivity index (χ1n) is 22.9. The number of para-hydroxylation sites is 2. The molecule has 0 aromatic heterocycles. The van der Waals surface area contributed by atoms with Gasteiger partial charge in [-0.15, -0.1) is 5.75 Å². The molecule has 0 unspecified atom stereocenters. The minimum atomic E-state index is -4.83. The van der Waals surface area contributed by atoms with E-state index in [4.69, 9.17) is 9.47 Å². The summed E-state index contributed by atoms with van der Waals surface area (Å²) in [6.07, 6.45) is 27.6. The van der Waals surface area contributed by atoms with E-state index in [2.05, 4.69) is 13.8 Å². The molecule has 0 saturated carbocycles. The molecule has 0 aliphatic heterocycles. The molecule has 0 amide bonds. The number of hydrogen-bond acceptors (Lipinski definition) is 9. The fourth-order valence-corrected chi connectivity index (χ4v) is 8.77. The average molecular weight is 935 g/mol. The second-order valence-corrected chi connectivity index (χ2v) is 18.9. The molecule has 344 valence electrons. The molecule has 10 nitrogen and oxygen atoms in total. The summed E-state index contributed by atoms with van der Waals surface area (Å²) in [7, 11) is -9.37. The molecule has 0 fully saturated rings. The summed E-state index contributed by atoms with van der Waals surface area (Å²) >= 11 is 0. The molecule has 0 saturated heterocycles. The Hall–Kier alpha value is -2.84. The Morgan fingerprint density at radius 2 is 0.841 bits per heavy atom. The molecule has 0 radical (unpaired) electrons. The van der Waals surface area contributed by atoms with Gasteiger partial charge < -0.3 is 24.2 Å². The van der Waals surface area contributed by atoms with Crippen LogP contribution < -0.4 is 14.6 Å². The molecule has 0 atom stereocenters. The number of benzene rings is 4. The molecule has 0 aliphatic carbocycles. The van der Waals surface area contributed by atoms with Crippen LogP contribution in [0.2, 0.25) is 0 Å². The molecule has 0 heterocycles. The van der Waals surface area contributed by atoms with Crippen molar-refractivity contribution in [2.75, 3.05) is 0 Å². The van der Waals surface area contributed by atoms with Gasteiger partial charge in [-0.2, -0.15) is 8.42 Å². The van der Waals surface area contributed by atoms with Gasteiger partial charge in [-0.05, 0) is 73.2 Å². The molecular weight excluding hydrogens is 865 g/mol. The third kappa shape index (κ3) is 23.3. The summed E-state index contributed by atoms with van der Waals surface area (Å²) in [5, 5.41) is 22.0. The molecular formula is C50H70CaO10S2. The van der Waals surface area contributed by atoms with Crippen LogP contribution in [0.4, 0.5) is 0 Å². The smallest absolute Gasteiger partial charge is 0.872 e. The van der Waals surface area contributed by atoms with E-state index in [1.54, 1.807) is 48.5 Å². The molecule has 2 N–H and O–H groups in total. The zero-order valence-electron chi connectivity index (χ0n) is 37.7. The van der Waals surface area contributed by atoms with Crippen LogP contribution in [0.1, 0.15) is 166 Å². The number of unbranched alkanes of at least 4 members (excludes halogenated alkanes) is 20. The van der Waals surface area contributed by atoms with Crippen molar-refractivity contribution in [1.82, 2.24) is 0 Å². The van der Waals surface area contributed by atoms with Crippen LogP contribution in [0.25, 0.3) is 0 Å². The van der Waals surface area contributed by atoms with Crippen molar-refractivity contribution in [2.45, 2.75) is 178 Å². The maximum Gasteiger partial charge on any atom is 2.00 e. The van der Waals surface area contributed by atoms with Gasteiger partial charge in [0.05, 0.1) is 4.90 Å². The Morgan fingerprint density at radius 3 is 1.21 bits per heavy atom. The van der Waals surface area contributed by atoms with Gasteiger partial charge in [0.1, 0.15) is 38.0 Å². The Balaban J connectivity index is 0.000000427. The Morgan fingerprint density at radius 1 is 0.492 bits per heavy atom. The van der Waals surface area contributed by atoms with E-state index >= 15 is 0 Å². The second kappa shape index (κ2) is 31.9. The standard InChI is InChI=1S/2C25H36O5S.Ca/c2*1-2-3-4-5-6-7-8-9-10-11-13-16-21-19-22(26)20-24(31(27,28)29)25(21)30-23-17-14-12-15-18-23;/h2*12,14-15,17-20,26H,2-11,13,16H2,1H3,(H,27,28,29);/q;;+2/p-2. The van der Waals surface area contributed by atoms with Gasteiger partial charge in [-0.25, -0.2) is 8.42 Å². The van der Waals surface area contributed by atoms with Crippen LogP contribution in [-0.2, 0) is 33.1 Å². The Bertz CT molecular complexity index is 1910. The monoisotopic (exact) mass is 934 g/mol. The Labute approximate surface area is 408 Å². The number of aryl methyl sites for hydroxylation is 2. The van der Waals surface area contributed by atoms with Crippen LogP contribution in [0, 0.1) is 0 Å². The third-order valence-corrected chi connectivity index (χ3v) is 12.5. The maximum absolute atomic E-state index is 12.0. The summed E-state index contributed by atoms with van der Waals surface area (Å²) in [5.74, 6) is 0.259. The number of hydrogen-bond donors (Lipinski definition) is 2. The van der Waals surface area contributed by atoms with Crippen molar-refractivity contribution in [2.24, 2.45) is 0 Å². The molecule has 0 bridgehead atoms. The van der Waals surface area contributed by atoms with Gasteiger partial charge in [-0.1, -0.05) is 185 Å². The summed E-state index contributed by atoms with van der Waals surface area (Å²) in [6, 6.07) is 22.3. The topological polar surface area (TPSA) is 173 Å². The van der Waals surface area contributed by atoms with Crippen molar-refractivity contribution in [3.8, 4) is 34.5 Å². The van der Waals surface area contributed by atoms with E-state index in [0.717, 1.165) is 50.7 Å². The van der Waals surface area contributed by atoms with Crippen molar-refractivity contribution < 1.29 is 45.6 Å². The summed E-state index contributed by atoms with van der Waals surface area (Å²) in [5.41, 5.74) is 1.05. The van der Waals surface area contributed by atoms with Gasteiger partial charge in [-0.3, -0.25) is 4.55 Å². The number of ether oxygens (including phenoxy) is 2. The Kier molecular flexibility index (Phi) is 28.5. The van der Waals surface area contributed by atoms with Crippen molar-refractivity contribution in [3.63, 3.8) is 0 Å². The first kappa shape index (κ1) is 56.3. The summed E-state index contributed by atoms with van der Waals surface area (Å²) < 4.78 is 80.2. The molecule has 0 spiro atoms. The SMILES string of the molecule is CCCCCCCCCCCCCc1cc(O)cc(S(=O)(=O)O)c1Oc1ccccc1.CCCCCCCCCCCCCc1cc([O-])cc(S(=O)(=O)[O-])c1Oc1ccccc1.[Ca+2]. The van der Waals surface area contributed by atoms with E-state index in [0.29, 0.717) is 35.5 Å². The van der Waals surface area contributed by atoms with Gasteiger partial charge >= 0.3 is 37.7 Å². The second-order valence-electron chi connectivity index (χ2n) is 16.2.